The van der Waals surface area contributed by atoms with Gasteiger partial charge in [0.2, 0.25) is 0 Å². The van der Waals surface area contributed by atoms with Gasteiger partial charge in [0.1, 0.15) is 5.56 Å². The Hall–Kier alpha value is -1.44. The van der Waals surface area contributed by atoms with Gasteiger partial charge in [-0.05, 0) is 38.2 Å². The Labute approximate surface area is 181 Å². The third-order valence-electron chi connectivity index (χ3n) is 3.55. The average Bonchev–Trinajstić information content (AvgIpc) is 2.99. The van der Waals surface area contributed by atoms with E-state index < -0.39 is 11.8 Å². The Bertz CT molecular complexity index is 765. The molecule has 1 N–H and O–H groups in total. The van der Waals surface area contributed by atoms with Crippen molar-refractivity contribution in [2.75, 3.05) is 6.61 Å². The standard InChI is InChI=1S/C18H18N2O4S.Y/c1-3-5-9-14(22)13(11-21)19-20-17-16(18(23)24-4-2)12-8-6-7-10-15(12)25-17;/h1,3,5,11,21H,4,6-8,10H2,2H3;/q-2;/b13-11-,20-19?;. The number of ketones is 1. The van der Waals surface area contributed by atoms with Crippen molar-refractivity contribution in [3.8, 4) is 0 Å². The Morgan fingerprint density at radius 3 is 2.77 bits per heavy atom. The molecule has 0 saturated heterocycles. The Morgan fingerprint density at radius 2 is 2.12 bits per heavy atom. The van der Waals surface area contributed by atoms with Gasteiger partial charge >= 0.3 is 5.97 Å². The molecule has 0 unspecified atom stereocenters. The first-order valence-electron chi connectivity index (χ1n) is 7.87. The minimum Gasteiger partial charge on any atom is -0.526 e. The number of carbonyl (C=O) groups excluding carboxylic acids is 2. The summed E-state index contributed by atoms with van der Waals surface area (Å²) < 4.78 is 5.13. The summed E-state index contributed by atoms with van der Waals surface area (Å²) in [6, 6.07) is 0. The normalized spacial score (nSPS) is 14.1. The minimum atomic E-state index is -0.674. The van der Waals surface area contributed by atoms with Crippen molar-refractivity contribution in [2.24, 2.45) is 10.2 Å². The quantitative estimate of drug-likeness (QED) is 0.170. The van der Waals surface area contributed by atoms with Crippen molar-refractivity contribution in [3.05, 3.63) is 52.8 Å². The summed E-state index contributed by atoms with van der Waals surface area (Å²) in [5.74, 6) is -1.12. The fourth-order valence-electron chi connectivity index (χ4n) is 2.46. The molecular weight excluding hydrogens is 429 g/mol. The summed E-state index contributed by atoms with van der Waals surface area (Å²) in [6.07, 6.45) is 8.93. The van der Waals surface area contributed by atoms with E-state index in [-0.39, 0.29) is 45.0 Å². The molecule has 1 aromatic heterocycles. The number of ether oxygens (including phenoxy) is 1. The molecule has 8 heteroatoms. The molecule has 0 spiro atoms. The molecule has 0 saturated carbocycles. The van der Waals surface area contributed by atoms with Crippen LogP contribution in [-0.2, 0) is 55.1 Å². The number of allylic oxidation sites excluding steroid dienone is 3. The van der Waals surface area contributed by atoms with Crippen molar-refractivity contribution in [2.45, 2.75) is 32.6 Å². The van der Waals surface area contributed by atoms with Crippen LogP contribution in [0.5, 0.6) is 0 Å². The molecule has 135 valence electrons. The van der Waals surface area contributed by atoms with E-state index in [2.05, 4.69) is 16.3 Å². The molecule has 1 aliphatic rings. The number of nitrogens with zero attached hydrogens (tertiary/aromatic N) is 2. The van der Waals surface area contributed by atoms with Gasteiger partial charge in [-0.3, -0.25) is 0 Å². The van der Waals surface area contributed by atoms with Crippen molar-refractivity contribution < 1.29 is 52.1 Å². The Balaban J connectivity index is 0.00000338. The predicted molar refractivity (Wildman–Crippen MR) is 93.8 cm³/mol. The maximum atomic E-state index is 12.3. The molecule has 1 aliphatic carbocycles. The zero-order valence-electron chi connectivity index (χ0n) is 14.4. The number of hydrogen-bond acceptors (Lipinski definition) is 7. The van der Waals surface area contributed by atoms with E-state index in [1.165, 1.54) is 17.4 Å². The van der Waals surface area contributed by atoms with Crippen LogP contribution in [0, 0.1) is 12.7 Å². The third kappa shape index (κ3) is 5.53. The molecule has 6 nitrogen and oxygen atoms in total. The van der Waals surface area contributed by atoms with Gasteiger partial charge in [0.25, 0.3) is 0 Å². The molecule has 1 aromatic rings. The topological polar surface area (TPSA) is 88.3 Å². The monoisotopic (exact) mass is 447 g/mol. The molecule has 0 atom stereocenters. The summed E-state index contributed by atoms with van der Waals surface area (Å²) in [5.41, 5.74) is 1.05. The summed E-state index contributed by atoms with van der Waals surface area (Å²) in [4.78, 5) is 25.2. The van der Waals surface area contributed by atoms with Crippen molar-refractivity contribution in [1.29, 1.82) is 0 Å². The van der Waals surface area contributed by atoms with Gasteiger partial charge < -0.3 is 33.4 Å². The number of carbonyl (C=O) groups is 2. The molecule has 0 fully saturated rings. The molecule has 1 heterocycles. The van der Waals surface area contributed by atoms with Crippen molar-refractivity contribution >= 4 is 28.1 Å². The van der Waals surface area contributed by atoms with E-state index in [4.69, 9.17) is 11.3 Å². The van der Waals surface area contributed by atoms with Gasteiger partial charge in [0, 0.05) is 37.6 Å². The molecule has 26 heavy (non-hydrogen) atoms. The second-order valence-corrected chi connectivity index (χ2v) is 6.24. The summed E-state index contributed by atoms with van der Waals surface area (Å²) in [7, 11) is 0. The summed E-state index contributed by atoms with van der Waals surface area (Å²) in [6.45, 7) is 7.14. The predicted octanol–water partition coefficient (Wildman–Crippen LogP) is 4.20. The first kappa shape index (κ1) is 22.6. The number of aryl methyl sites for hydroxylation is 1. The Kier molecular flexibility index (Phi) is 9.84. The SMILES string of the molecule is [CH-]=CC=[C-]C(=O)/C(=C/O)N=Nc1sc2c(c1C(=O)OCC)CCCC2.[Y]. The minimum absolute atomic E-state index is 0. The van der Waals surface area contributed by atoms with Crippen molar-refractivity contribution in [1.82, 2.24) is 0 Å². The van der Waals surface area contributed by atoms with E-state index in [1.807, 2.05) is 0 Å². The average molecular weight is 447 g/mol. The van der Waals surface area contributed by atoms with Crippen LogP contribution in [0.15, 0.2) is 34.3 Å². The molecule has 0 bridgehead atoms. The van der Waals surface area contributed by atoms with Gasteiger partial charge in [-0.2, -0.15) is 5.11 Å². The number of aliphatic hydroxyl groups is 1. The van der Waals surface area contributed by atoms with Crippen LogP contribution in [0.2, 0.25) is 0 Å². The van der Waals surface area contributed by atoms with Gasteiger partial charge in [-0.25, -0.2) is 16.0 Å². The van der Waals surface area contributed by atoms with Gasteiger partial charge in [-0.15, -0.1) is 11.3 Å². The number of hydrogen-bond donors (Lipinski definition) is 1. The maximum Gasteiger partial charge on any atom is 0.341 e. The molecule has 0 aromatic carbocycles. The number of thiophene rings is 1. The number of esters is 1. The smallest absolute Gasteiger partial charge is 0.341 e. The molecule has 0 aliphatic heterocycles. The summed E-state index contributed by atoms with van der Waals surface area (Å²) >= 11 is 1.36. The van der Waals surface area contributed by atoms with E-state index >= 15 is 0 Å². The second kappa shape index (κ2) is 11.3. The van der Waals surface area contributed by atoms with E-state index in [9.17, 15) is 14.7 Å². The Morgan fingerprint density at radius 1 is 1.38 bits per heavy atom. The van der Waals surface area contributed by atoms with Gasteiger partial charge in [0.05, 0.1) is 24.3 Å². The van der Waals surface area contributed by atoms with E-state index in [1.54, 1.807) is 6.92 Å². The second-order valence-electron chi connectivity index (χ2n) is 5.16. The first-order valence-corrected chi connectivity index (χ1v) is 8.69. The molecule has 2 rings (SSSR count). The molecule has 0 amide bonds. The zero-order chi connectivity index (χ0) is 18.2. The van der Waals surface area contributed by atoms with E-state index in [0.717, 1.165) is 42.2 Å². The zero-order valence-corrected chi connectivity index (χ0v) is 18.1. The largest absolute Gasteiger partial charge is 0.526 e. The summed E-state index contributed by atoms with van der Waals surface area (Å²) in [5, 5.41) is 17.3. The van der Waals surface area contributed by atoms with Crippen LogP contribution in [0.3, 0.4) is 0 Å². The first-order chi connectivity index (χ1) is 12.1. The number of azo groups is 1. The van der Waals surface area contributed by atoms with Crippen LogP contribution in [-0.4, -0.2) is 23.5 Å². The van der Waals surface area contributed by atoms with Gasteiger partial charge in [-0.1, -0.05) is 0 Å². The number of Topliss-reactive ketones (excluding diaryl/α,β-unsaturated/α-hetero) is 1. The van der Waals surface area contributed by atoms with E-state index in [0.29, 0.717) is 16.8 Å². The fraction of sp³-hybridized carbons (Fsp3) is 0.333. The van der Waals surface area contributed by atoms with Crippen LogP contribution in [0.1, 0.15) is 40.6 Å². The van der Waals surface area contributed by atoms with Gasteiger partial charge in [0.15, 0.2) is 5.00 Å². The third-order valence-corrected chi connectivity index (χ3v) is 4.72. The van der Waals surface area contributed by atoms with Crippen LogP contribution in [0.25, 0.3) is 0 Å². The van der Waals surface area contributed by atoms with Crippen LogP contribution < -0.4 is 0 Å². The number of rotatable bonds is 7. The fourth-order valence-corrected chi connectivity index (χ4v) is 3.66. The van der Waals surface area contributed by atoms with Crippen LogP contribution in [0.4, 0.5) is 5.00 Å². The van der Waals surface area contributed by atoms with Crippen molar-refractivity contribution in [3.63, 3.8) is 0 Å². The number of fused-ring (bicyclic) bond motifs is 1. The molecule has 1 radical (unpaired) electrons. The maximum absolute atomic E-state index is 12.3. The molecular formula is C18H18N2O4SY-2. The number of aliphatic hydroxyl groups excluding tert-OH is 1. The van der Waals surface area contributed by atoms with Crippen LogP contribution >= 0.6 is 11.3 Å².